The Kier molecular flexibility index (Phi) is 3.38. The van der Waals surface area contributed by atoms with Crippen LogP contribution in [-0.4, -0.2) is 16.6 Å². The lowest BCUT2D eigenvalue weighted by Gasteiger charge is -2.19. The SMILES string of the molecule is Fc1ccc2c(c1)[C@@H](Nc1ncnc3ccsc13)CCCO2. The number of benzene rings is 1. The number of hydrogen-bond donors (Lipinski definition) is 1. The number of rotatable bonds is 2. The predicted octanol–water partition coefficient (Wildman–Crippen LogP) is 4.16. The van der Waals surface area contributed by atoms with Gasteiger partial charge in [0.05, 0.1) is 22.9 Å². The van der Waals surface area contributed by atoms with E-state index in [0.29, 0.717) is 6.61 Å². The monoisotopic (exact) mass is 315 g/mol. The fourth-order valence-electron chi connectivity index (χ4n) is 2.75. The number of nitrogens with one attached hydrogen (secondary N) is 1. The molecule has 22 heavy (non-hydrogen) atoms. The van der Waals surface area contributed by atoms with Gasteiger partial charge in [0.25, 0.3) is 0 Å². The Morgan fingerprint density at radius 2 is 2.23 bits per heavy atom. The molecule has 1 aromatic carbocycles. The lowest BCUT2D eigenvalue weighted by molar-refractivity contribution is 0.316. The first-order valence-electron chi connectivity index (χ1n) is 7.18. The summed E-state index contributed by atoms with van der Waals surface area (Å²) in [4.78, 5) is 8.60. The number of ether oxygens (including phenoxy) is 1. The molecule has 1 aliphatic rings. The van der Waals surface area contributed by atoms with Gasteiger partial charge < -0.3 is 10.1 Å². The molecule has 1 aliphatic heterocycles. The van der Waals surface area contributed by atoms with Gasteiger partial charge in [0, 0.05) is 5.56 Å². The van der Waals surface area contributed by atoms with Gasteiger partial charge >= 0.3 is 0 Å². The number of aromatic nitrogens is 2. The van der Waals surface area contributed by atoms with Crippen molar-refractivity contribution in [2.24, 2.45) is 0 Å². The van der Waals surface area contributed by atoms with E-state index in [2.05, 4.69) is 15.3 Å². The molecule has 6 heteroatoms. The Balaban J connectivity index is 1.74. The Morgan fingerprint density at radius 3 is 3.18 bits per heavy atom. The van der Waals surface area contributed by atoms with Crippen molar-refractivity contribution >= 4 is 27.4 Å². The molecule has 1 atom stereocenters. The van der Waals surface area contributed by atoms with Gasteiger partial charge in [-0.1, -0.05) is 0 Å². The summed E-state index contributed by atoms with van der Waals surface area (Å²) in [7, 11) is 0. The quantitative estimate of drug-likeness (QED) is 0.771. The second-order valence-corrected chi connectivity index (χ2v) is 6.14. The molecule has 3 aromatic rings. The third-order valence-corrected chi connectivity index (χ3v) is 4.71. The Labute approximate surface area is 131 Å². The second kappa shape index (κ2) is 5.53. The number of hydrogen-bond acceptors (Lipinski definition) is 5. The topological polar surface area (TPSA) is 47.0 Å². The molecular weight excluding hydrogens is 301 g/mol. The zero-order valence-electron chi connectivity index (χ0n) is 11.8. The molecule has 0 radical (unpaired) electrons. The van der Waals surface area contributed by atoms with Crippen molar-refractivity contribution in [3.8, 4) is 5.75 Å². The van der Waals surface area contributed by atoms with E-state index >= 15 is 0 Å². The molecule has 2 aromatic heterocycles. The van der Waals surface area contributed by atoms with Gasteiger partial charge in [0.15, 0.2) is 0 Å². The molecule has 0 bridgehead atoms. The Bertz CT molecular complexity index is 820. The molecule has 4 nitrogen and oxygen atoms in total. The molecule has 0 amide bonds. The van der Waals surface area contributed by atoms with E-state index in [0.717, 1.165) is 40.2 Å². The molecule has 0 saturated heterocycles. The zero-order chi connectivity index (χ0) is 14.9. The summed E-state index contributed by atoms with van der Waals surface area (Å²) < 4.78 is 20.4. The molecule has 0 saturated carbocycles. The van der Waals surface area contributed by atoms with Crippen LogP contribution in [-0.2, 0) is 0 Å². The highest BCUT2D eigenvalue weighted by atomic mass is 32.1. The lowest BCUT2D eigenvalue weighted by atomic mass is 10.0. The van der Waals surface area contributed by atoms with Gasteiger partial charge in [-0.2, -0.15) is 0 Å². The molecule has 3 heterocycles. The second-order valence-electron chi connectivity index (χ2n) is 5.23. The average Bonchev–Trinajstić information content (AvgIpc) is 2.92. The number of halogens is 1. The summed E-state index contributed by atoms with van der Waals surface area (Å²) in [6.07, 6.45) is 3.33. The van der Waals surface area contributed by atoms with Crippen molar-refractivity contribution in [3.05, 3.63) is 47.4 Å². The number of thiophene rings is 1. The van der Waals surface area contributed by atoms with Crippen LogP contribution < -0.4 is 10.1 Å². The molecule has 1 N–H and O–H groups in total. The zero-order valence-corrected chi connectivity index (χ0v) is 12.6. The first-order valence-corrected chi connectivity index (χ1v) is 8.06. The molecule has 4 rings (SSSR count). The van der Waals surface area contributed by atoms with E-state index in [4.69, 9.17) is 4.74 Å². The molecule has 112 valence electrons. The van der Waals surface area contributed by atoms with Crippen LogP contribution in [0, 0.1) is 5.82 Å². The first kappa shape index (κ1) is 13.5. The molecule has 0 fully saturated rings. The van der Waals surface area contributed by atoms with Gasteiger partial charge in [-0.15, -0.1) is 11.3 Å². The highest BCUT2D eigenvalue weighted by Crippen LogP contribution is 2.36. The predicted molar refractivity (Wildman–Crippen MR) is 84.9 cm³/mol. The first-order chi connectivity index (χ1) is 10.8. The van der Waals surface area contributed by atoms with E-state index < -0.39 is 0 Å². The normalized spacial score (nSPS) is 17.6. The van der Waals surface area contributed by atoms with E-state index in [9.17, 15) is 4.39 Å². The van der Waals surface area contributed by atoms with E-state index in [1.54, 1.807) is 29.8 Å². The minimum absolute atomic E-state index is 0.0200. The summed E-state index contributed by atoms with van der Waals surface area (Å²) in [5, 5.41) is 5.44. The third kappa shape index (κ3) is 2.39. The van der Waals surface area contributed by atoms with Crippen molar-refractivity contribution in [2.45, 2.75) is 18.9 Å². The van der Waals surface area contributed by atoms with Crippen molar-refractivity contribution in [1.82, 2.24) is 9.97 Å². The van der Waals surface area contributed by atoms with Crippen LogP contribution in [0.5, 0.6) is 5.75 Å². The van der Waals surface area contributed by atoms with Crippen LogP contribution >= 0.6 is 11.3 Å². The minimum Gasteiger partial charge on any atom is -0.493 e. The van der Waals surface area contributed by atoms with Crippen molar-refractivity contribution in [3.63, 3.8) is 0 Å². The maximum atomic E-state index is 13.6. The fraction of sp³-hybridized carbons (Fsp3) is 0.250. The molecular formula is C16H14FN3OS. The maximum Gasteiger partial charge on any atom is 0.147 e. The van der Waals surface area contributed by atoms with E-state index in [1.165, 1.54) is 6.07 Å². The number of fused-ring (bicyclic) bond motifs is 2. The summed E-state index contributed by atoms with van der Waals surface area (Å²) in [5.74, 6) is 1.29. The highest BCUT2D eigenvalue weighted by Gasteiger charge is 2.21. The van der Waals surface area contributed by atoms with Crippen LogP contribution in [0.3, 0.4) is 0 Å². The van der Waals surface area contributed by atoms with Crippen molar-refractivity contribution < 1.29 is 9.13 Å². The lowest BCUT2D eigenvalue weighted by Crippen LogP contribution is -2.11. The van der Waals surface area contributed by atoms with Gasteiger partial charge in [0.2, 0.25) is 0 Å². The minimum atomic E-state index is -0.250. The van der Waals surface area contributed by atoms with Crippen molar-refractivity contribution in [1.29, 1.82) is 0 Å². The number of anilines is 1. The number of nitrogens with zero attached hydrogens (tertiary/aromatic N) is 2. The maximum absolute atomic E-state index is 13.6. The van der Waals surface area contributed by atoms with Gasteiger partial charge in [-0.05, 0) is 42.5 Å². The molecule has 0 spiro atoms. The summed E-state index contributed by atoms with van der Waals surface area (Å²) in [6, 6.07) is 6.63. The molecule has 0 aliphatic carbocycles. The van der Waals surface area contributed by atoms with Gasteiger partial charge in [0.1, 0.15) is 23.7 Å². The van der Waals surface area contributed by atoms with Crippen LogP contribution in [0.4, 0.5) is 10.2 Å². The van der Waals surface area contributed by atoms with Crippen LogP contribution in [0.1, 0.15) is 24.4 Å². The Hall–Kier alpha value is -2.21. The van der Waals surface area contributed by atoms with Crippen molar-refractivity contribution in [2.75, 3.05) is 11.9 Å². The smallest absolute Gasteiger partial charge is 0.147 e. The summed E-state index contributed by atoms with van der Waals surface area (Å²) in [5.41, 5.74) is 1.77. The van der Waals surface area contributed by atoms with Crippen LogP contribution in [0.15, 0.2) is 36.0 Å². The summed E-state index contributed by atoms with van der Waals surface area (Å²) in [6.45, 7) is 0.648. The van der Waals surface area contributed by atoms with E-state index in [-0.39, 0.29) is 11.9 Å². The standard InChI is InChI=1S/C16H14FN3OS/c17-10-3-4-14-11(8-10)12(2-1-6-21-14)20-16-15-13(5-7-22-15)18-9-19-16/h3-5,7-9,12H,1-2,6H2,(H,18,19,20)/t12-/m0/s1. The van der Waals surface area contributed by atoms with E-state index in [1.807, 2.05) is 11.4 Å². The fourth-order valence-corrected chi connectivity index (χ4v) is 3.55. The van der Waals surface area contributed by atoms with Gasteiger partial charge in [-0.3, -0.25) is 0 Å². The third-order valence-electron chi connectivity index (χ3n) is 3.80. The molecule has 0 unspecified atom stereocenters. The average molecular weight is 315 g/mol. The van der Waals surface area contributed by atoms with Crippen LogP contribution in [0.2, 0.25) is 0 Å². The van der Waals surface area contributed by atoms with Crippen LogP contribution in [0.25, 0.3) is 10.2 Å². The Morgan fingerprint density at radius 1 is 1.27 bits per heavy atom. The highest BCUT2D eigenvalue weighted by molar-refractivity contribution is 7.17. The van der Waals surface area contributed by atoms with Gasteiger partial charge in [-0.25, -0.2) is 14.4 Å². The summed E-state index contributed by atoms with van der Waals surface area (Å²) >= 11 is 1.60. The largest absolute Gasteiger partial charge is 0.493 e.